The summed E-state index contributed by atoms with van der Waals surface area (Å²) < 4.78 is 19.0. The average molecular weight is 385 g/mol. The van der Waals surface area contributed by atoms with Crippen molar-refractivity contribution in [2.24, 2.45) is 11.8 Å². The first kappa shape index (κ1) is 18.7. The summed E-state index contributed by atoms with van der Waals surface area (Å²) >= 11 is 0. The number of ether oxygens (including phenoxy) is 1. The van der Waals surface area contributed by atoms with E-state index < -0.39 is 6.10 Å². The van der Waals surface area contributed by atoms with Gasteiger partial charge in [-0.25, -0.2) is 9.37 Å². The van der Waals surface area contributed by atoms with Crippen LogP contribution in [0.4, 0.5) is 10.2 Å². The number of benzene rings is 1. The smallest absolute Gasteiger partial charge is 0.257 e. The molecule has 28 heavy (non-hydrogen) atoms. The van der Waals surface area contributed by atoms with Crippen LogP contribution in [-0.4, -0.2) is 53.2 Å². The Bertz CT molecular complexity index is 845. The summed E-state index contributed by atoms with van der Waals surface area (Å²) in [5, 5.41) is 13.5. The zero-order valence-electron chi connectivity index (χ0n) is 15.7. The lowest BCUT2D eigenvalue weighted by Crippen LogP contribution is -2.42. The number of pyridine rings is 1. The van der Waals surface area contributed by atoms with Gasteiger partial charge in [0.2, 0.25) is 0 Å². The van der Waals surface area contributed by atoms with Crippen molar-refractivity contribution in [1.29, 1.82) is 0 Å². The van der Waals surface area contributed by atoms with Crippen LogP contribution in [0.15, 0.2) is 42.6 Å². The Labute approximate surface area is 163 Å². The molecule has 1 aliphatic heterocycles. The van der Waals surface area contributed by atoms with Gasteiger partial charge in [0.05, 0.1) is 11.7 Å². The summed E-state index contributed by atoms with van der Waals surface area (Å²) in [5.41, 5.74) is 0.559. The van der Waals surface area contributed by atoms with Crippen LogP contribution in [0.1, 0.15) is 23.2 Å². The number of rotatable bonds is 4. The molecule has 1 saturated carbocycles. The molecule has 1 saturated heterocycles. The van der Waals surface area contributed by atoms with Crippen molar-refractivity contribution in [3.05, 3.63) is 54.0 Å². The number of fused-ring (bicyclic) bond motifs is 1. The molecular weight excluding hydrogens is 361 g/mol. The number of carbonyl (C=O) groups is 1. The first-order valence-corrected chi connectivity index (χ1v) is 9.57. The number of carbonyl (C=O) groups excluding carboxylic acids is 1. The van der Waals surface area contributed by atoms with Gasteiger partial charge in [-0.1, -0.05) is 0 Å². The Kier molecular flexibility index (Phi) is 5.17. The normalized spacial score (nSPS) is 26.6. The molecular formula is C21H24FN3O3. The minimum absolute atomic E-state index is 0.0441. The fourth-order valence-corrected chi connectivity index (χ4v) is 4.32. The Morgan fingerprint density at radius 3 is 2.64 bits per heavy atom. The number of aliphatic hydroxyl groups excluding tert-OH is 1. The van der Waals surface area contributed by atoms with Gasteiger partial charge in [0, 0.05) is 26.3 Å². The highest BCUT2D eigenvalue weighted by molar-refractivity contribution is 5.98. The van der Waals surface area contributed by atoms with Crippen molar-refractivity contribution in [2.75, 3.05) is 25.5 Å². The lowest BCUT2D eigenvalue weighted by Gasteiger charge is -2.35. The maximum absolute atomic E-state index is 13.1. The third kappa shape index (κ3) is 3.67. The highest BCUT2D eigenvalue weighted by Crippen LogP contribution is 2.38. The summed E-state index contributed by atoms with van der Waals surface area (Å²) in [5.74, 6) is 1.27. The zero-order valence-corrected chi connectivity index (χ0v) is 15.7. The molecule has 1 aliphatic carbocycles. The molecule has 1 aromatic heterocycles. The first-order chi connectivity index (χ1) is 13.5. The molecule has 2 aliphatic rings. The maximum atomic E-state index is 13.1. The van der Waals surface area contributed by atoms with E-state index in [0.717, 1.165) is 0 Å². The second-order valence-electron chi connectivity index (χ2n) is 7.53. The lowest BCUT2D eigenvalue weighted by molar-refractivity contribution is -0.0231. The van der Waals surface area contributed by atoms with Gasteiger partial charge in [-0.3, -0.25) is 4.79 Å². The Morgan fingerprint density at radius 1 is 1.21 bits per heavy atom. The predicted molar refractivity (Wildman–Crippen MR) is 103 cm³/mol. The molecule has 148 valence electrons. The van der Waals surface area contributed by atoms with Crippen molar-refractivity contribution < 1.29 is 19.0 Å². The van der Waals surface area contributed by atoms with Crippen molar-refractivity contribution in [2.45, 2.75) is 25.0 Å². The second-order valence-corrected chi connectivity index (χ2v) is 7.53. The monoisotopic (exact) mass is 385 g/mol. The largest absolute Gasteiger partial charge is 0.488 e. The van der Waals surface area contributed by atoms with E-state index in [0.29, 0.717) is 43.1 Å². The third-order valence-electron chi connectivity index (χ3n) is 5.75. The van der Waals surface area contributed by atoms with Crippen molar-refractivity contribution in [1.82, 2.24) is 9.88 Å². The number of aromatic nitrogens is 1. The fraction of sp³-hybridized carbons (Fsp3) is 0.429. The number of halogens is 1. The minimum Gasteiger partial charge on any atom is -0.488 e. The highest BCUT2D eigenvalue weighted by atomic mass is 19.1. The molecule has 1 amide bonds. The van der Waals surface area contributed by atoms with E-state index in [1.54, 1.807) is 37.5 Å². The van der Waals surface area contributed by atoms with Gasteiger partial charge in [0.15, 0.2) is 0 Å². The molecule has 2 N–H and O–H groups in total. The summed E-state index contributed by atoms with van der Waals surface area (Å²) in [6.07, 6.45) is 1.95. The van der Waals surface area contributed by atoms with E-state index in [-0.39, 0.29) is 29.7 Å². The molecule has 4 rings (SSSR count). The number of nitrogens with zero attached hydrogens (tertiary/aromatic N) is 2. The van der Waals surface area contributed by atoms with Gasteiger partial charge in [-0.05, 0) is 61.1 Å². The molecule has 4 atom stereocenters. The molecule has 2 heterocycles. The number of anilines is 1. The third-order valence-corrected chi connectivity index (χ3v) is 5.75. The topological polar surface area (TPSA) is 74.7 Å². The van der Waals surface area contributed by atoms with E-state index >= 15 is 0 Å². The van der Waals surface area contributed by atoms with Crippen molar-refractivity contribution in [3.8, 4) is 5.75 Å². The number of amides is 1. The molecule has 1 aromatic carbocycles. The lowest BCUT2D eigenvalue weighted by atomic mass is 9.78. The van der Waals surface area contributed by atoms with Gasteiger partial charge >= 0.3 is 0 Å². The van der Waals surface area contributed by atoms with Crippen LogP contribution in [0.3, 0.4) is 0 Å². The van der Waals surface area contributed by atoms with Crippen molar-refractivity contribution in [3.63, 3.8) is 0 Å². The molecule has 0 radical (unpaired) electrons. The predicted octanol–water partition coefficient (Wildman–Crippen LogP) is 2.55. The second kappa shape index (κ2) is 7.75. The van der Waals surface area contributed by atoms with Crippen LogP contribution < -0.4 is 10.1 Å². The Balaban J connectivity index is 1.44. The summed E-state index contributed by atoms with van der Waals surface area (Å²) in [4.78, 5) is 19.0. The molecule has 2 fully saturated rings. The molecule has 0 unspecified atom stereocenters. The molecule has 2 aromatic rings. The van der Waals surface area contributed by atoms with Crippen molar-refractivity contribution >= 4 is 11.7 Å². The van der Waals surface area contributed by atoms with Gasteiger partial charge in [0.25, 0.3) is 5.91 Å². The summed E-state index contributed by atoms with van der Waals surface area (Å²) in [6.45, 7) is 1.26. The minimum atomic E-state index is -0.604. The zero-order chi connectivity index (χ0) is 19.7. The fourth-order valence-electron chi connectivity index (χ4n) is 4.32. The van der Waals surface area contributed by atoms with E-state index in [4.69, 9.17) is 4.74 Å². The number of hydrogen-bond donors (Lipinski definition) is 2. The van der Waals surface area contributed by atoms with Crippen LogP contribution in [0.5, 0.6) is 5.75 Å². The number of likely N-dealkylation sites (tertiary alicyclic amines) is 1. The van der Waals surface area contributed by atoms with E-state index in [9.17, 15) is 14.3 Å². The van der Waals surface area contributed by atoms with Crippen LogP contribution in [-0.2, 0) is 0 Å². The highest BCUT2D eigenvalue weighted by Gasteiger charge is 2.44. The standard InChI is InChI=1S/C21H24FN3O3/c1-23-20-17(3-2-8-24-20)21(27)25-11-13-9-18(26)19(10-14(13)12-25)28-16-6-4-15(22)5-7-16/h2-8,13-14,18-19,26H,9-12H2,1H3,(H,23,24)/t13-,14+,18+,19+/m0/s1. The SMILES string of the molecule is CNc1ncccc1C(=O)N1C[C@H]2C[C@@H](Oc3ccc(F)cc3)[C@H](O)C[C@H]2C1. The summed E-state index contributed by atoms with van der Waals surface area (Å²) in [6, 6.07) is 9.36. The molecule has 6 nitrogen and oxygen atoms in total. The van der Waals surface area contributed by atoms with Crippen LogP contribution in [0.2, 0.25) is 0 Å². The molecule has 0 bridgehead atoms. The first-order valence-electron chi connectivity index (χ1n) is 9.57. The molecule has 0 spiro atoms. The number of hydrogen-bond acceptors (Lipinski definition) is 5. The van der Waals surface area contributed by atoms with Crippen LogP contribution in [0.25, 0.3) is 0 Å². The quantitative estimate of drug-likeness (QED) is 0.846. The Hall–Kier alpha value is -2.67. The van der Waals surface area contributed by atoms with Gasteiger partial charge < -0.3 is 20.1 Å². The van der Waals surface area contributed by atoms with E-state index in [1.807, 2.05) is 4.90 Å². The van der Waals surface area contributed by atoms with Crippen LogP contribution in [0, 0.1) is 17.7 Å². The maximum Gasteiger partial charge on any atom is 0.257 e. The van der Waals surface area contributed by atoms with Crippen LogP contribution >= 0.6 is 0 Å². The number of aliphatic hydroxyl groups is 1. The van der Waals surface area contributed by atoms with E-state index in [1.165, 1.54) is 12.1 Å². The Morgan fingerprint density at radius 2 is 1.93 bits per heavy atom. The van der Waals surface area contributed by atoms with Gasteiger partial charge in [-0.2, -0.15) is 0 Å². The van der Waals surface area contributed by atoms with Gasteiger partial charge in [-0.15, -0.1) is 0 Å². The number of nitrogens with one attached hydrogen (secondary N) is 1. The average Bonchev–Trinajstić information content (AvgIpc) is 3.12. The van der Waals surface area contributed by atoms with E-state index in [2.05, 4.69) is 10.3 Å². The van der Waals surface area contributed by atoms with Gasteiger partial charge in [0.1, 0.15) is 23.5 Å². The molecule has 7 heteroatoms. The summed E-state index contributed by atoms with van der Waals surface area (Å²) in [7, 11) is 1.75.